The molecule has 1 aliphatic heterocycles. The lowest BCUT2D eigenvalue weighted by Crippen LogP contribution is -2.34. The number of ether oxygens (including phenoxy) is 1. The summed E-state index contributed by atoms with van der Waals surface area (Å²) < 4.78 is 5.11. The van der Waals surface area contributed by atoms with Crippen LogP contribution >= 0.6 is 0 Å². The number of rotatable bonds is 4. The van der Waals surface area contributed by atoms with Gasteiger partial charge in [0.05, 0.1) is 7.11 Å². The van der Waals surface area contributed by atoms with Crippen molar-refractivity contribution in [2.75, 3.05) is 20.2 Å². The van der Waals surface area contributed by atoms with Crippen LogP contribution in [0.25, 0.3) is 0 Å². The molecular formula is C14H22N2O. The Labute approximate surface area is 104 Å². The summed E-state index contributed by atoms with van der Waals surface area (Å²) in [7, 11) is 1.66. The molecule has 1 aromatic rings. The van der Waals surface area contributed by atoms with Crippen molar-refractivity contribution in [3.63, 3.8) is 0 Å². The van der Waals surface area contributed by atoms with Crippen LogP contribution in [0.4, 0.5) is 0 Å². The number of nitrogens with zero attached hydrogens (tertiary/aromatic N) is 2. The summed E-state index contributed by atoms with van der Waals surface area (Å²) in [6.45, 7) is 4.67. The fourth-order valence-electron chi connectivity index (χ4n) is 2.63. The van der Waals surface area contributed by atoms with E-state index in [0.717, 1.165) is 0 Å². The van der Waals surface area contributed by atoms with E-state index in [1.165, 1.54) is 44.3 Å². The van der Waals surface area contributed by atoms with Gasteiger partial charge in [0.2, 0.25) is 5.88 Å². The van der Waals surface area contributed by atoms with E-state index in [4.69, 9.17) is 4.74 Å². The van der Waals surface area contributed by atoms with E-state index in [0.29, 0.717) is 11.9 Å². The lowest BCUT2D eigenvalue weighted by molar-refractivity contribution is 0.148. The summed E-state index contributed by atoms with van der Waals surface area (Å²) in [6, 6.07) is 4.68. The molecule has 0 unspecified atom stereocenters. The smallest absolute Gasteiger partial charge is 0.212 e. The Balaban J connectivity index is 2.11. The van der Waals surface area contributed by atoms with E-state index in [1.54, 1.807) is 7.11 Å². The highest BCUT2D eigenvalue weighted by Crippen LogP contribution is 2.30. The van der Waals surface area contributed by atoms with Gasteiger partial charge in [-0.2, -0.15) is 0 Å². The molecule has 0 aromatic carbocycles. The van der Waals surface area contributed by atoms with Gasteiger partial charge in [0.15, 0.2) is 0 Å². The Hall–Kier alpha value is -1.09. The number of hydrogen-bond acceptors (Lipinski definition) is 3. The van der Waals surface area contributed by atoms with Crippen molar-refractivity contribution in [3.8, 4) is 5.88 Å². The quantitative estimate of drug-likeness (QED) is 0.800. The molecule has 2 heterocycles. The first-order valence-corrected chi connectivity index (χ1v) is 6.59. The number of methoxy groups -OCH3 is 1. The molecule has 3 heteroatoms. The van der Waals surface area contributed by atoms with Gasteiger partial charge in [-0.25, -0.2) is 4.98 Å². The van der Waals surface area contributed by atoms with Crippen LogP contribution in [0.3, 0.4) is 0 Å². The second-order valence-electron chi connectivity index (χ2n) is 4.68. The lowest BCUT2D eigenvalue weighted by Gasteiger charge is -2.35. The van der Waals surface area contributed by atoms with Crippen molar-refractivity contribution < 1.29 is 4.74 Å². The summed E-state index contributed by atoms with van der Waals surface area (Å²) in [5.74, 6) is 0.701. The fourth-order valence-corrected chi connectivity index (χ4v) is 2.63. The Bertz CT molecular complexity index is 335. The predicted molar refractivity (Wildman–Crippen MR) is 69.2 cm³/mol. The topological polar surface area (TPSA) is 25.4 Å². The third-order valence-corrected chi connectivity index (χ3v) is 3.48. The summed E-state index contributed by atoms with van der Waals surface area (Å²) in [4.78, 5) is 6.91. The highest BCUT2D eigenvalue weighted by atomic mass is 16.5. The lowest BCUT2D eigenvalue weighted by atomic mass is 9.96. The highest BCUT2D eigenvalue weighted by Gasteiger charge is 2.23. The maximum atomic E-state index is 5.11. The average molecular weight is 234 g/mol. The van der Waals surface area contributed by atoms with Crippen LogP contribution in [0.5, 0.6) is 5.88 Å². The number of pyridine rings is 1. The summed E-state index contributed by atoms with van der Waals surface area (Å²) in [5.41, 5.74) is 1.33. The molecule has 17 heavy (non-hydrogen) atoms. The van der Waals surface area contributed by atoms with Gasteiger partial charge in [-0.3, -0.25) is 4.90 Å². The van der Waals surface area contributed by atoms with Crippen LogP contribution in [0.15, 0.2) is 18.3 Å². The number of aromatic nitrogens is 1. The molecule has 1 fully saturated rings. The molecule has 0 saturated carbocycles. The molecule has 1 atom stereocenters. The normalized spacial score (nSPS) is 21.4. The van der Waals surface area contributed by atoms with Gasteiger partial charge in [0.25, 0.3) is 0 Å². The first-order chi connectivity index (χ1) is 8.35. The zero-order valence-corrected chi connectivity index (χ0v) is 10.9. The van der Waals surface area contributed by atoms with Gasteiger partial charge < -0.3 is 4.74 Å². The molecule has 1 aliphatic rings. The van der Waals surface area contributed by atoms with Crippen LogP contribution in [-0.2, 0) is 0 Å². The minimum atomic E-state index is 0.558. The maximum Gasteiger partial charge on any atom is 0.212 e. The molecule has 0 radical (unpaired) electrons. The van der Waals surface area contributed by atoms with Crippen LogP contribution in [0, 0.1) is 0 Å². The van der Waals surface area contributed by atoms with E-state index >= 15 is 0 Å². The minimum absolute atomic E-state index is 0.558. The van der Waals surface area contributed by atoms with Gasteiger partial charge >= 0.3 is 0 Å². The van der Waals surface area contributed by atoms with Crippen molar-refractivity contribution in [3.05, 3.63) is 23.9 Å². The Morgan fingerprint density at radius 2 is 2.29 bits per heavy atom. The molecule has 0 aliphatic carbocycles. The number of likely N-dealkylation sites (tertiary alicyclic amines) is 1. The first kappa shape index (κ1) is 12.4. The Morgan fingerprint density at radius 3 is 2.94 bits per heavy atom. The molecule has 1 saturated heterocycles. The SMILES string of the molecule is CCCN1CCCC[C@H]1c1ccc(OC)nc1. The first-order valence-electron chi connectivity index (χ1n) is 6.59. The average Bonchev–Trinajstić information content (AvgIpc) is 2.40. The van der Waals surface area contributed by atoms with Crippen LogP contribution in [0.2, 0.25) is 0 Å². The molecule has 3 nitrogen and oxygen atoms in total. The van der Waals surface area contributed by atoms with E-state index in [2.05, 4.69) is 22.9 Å². The molecule has 0 bridgehead atoms. The Morgan fingerprint density at radius 1 is 1.41 bits per heavy atom. The number of piperidine rings is 1. The summed E-state index contributed by atoms with van der Waals surface area (Å²) in [5, 5.41) is 0. The predicted octanol–water partition coefficient (Wildman–Crippen LogP) is 3.03. The van der Waals surface area contributed by atoms with Gasteiger partial charge in [-0.1, -0.05) is 19.4 Å². The zero-order chi connectivity index (χ0) is 12.1. The van der Waals surface area contributed by atoms with Crippen molar-refractivity contribution in [2.45, 2.75) is 38.6 Å². The van der Waals surface area contributed by atoms with Gasteiger partial charge in [0, 0.05) is 18.3 Å². The molecule has 0 spiro atoms. The fraction of sp³-hybridized carbons (Fsp3) is 0.643. The maximum absolute atomic E-state index is 5.11. The van der Waals surface area contributed by atoms with Crippen molar-refractivity contribution in [1.29, 1.82) is 0 Å². The minimum Gasteiger partial charge on any atom is -0.481 e. The molecule has 0 amide bonds. The summed E-state index contributed by atoms with van der Waals surface area (Å²) in [6.07, 6.45) is 7.11. The van der Waals surface area contributed by atoms with E-state index in [1.807, 2.05) is 12.3 Å². The number of hydrogen-bond donors (Lipinski definition) is 0. The van der Waals surface area contributed by atoms with Crippen LogP contribution < -0.4 is 4.74 Å². The molecule has 1 aromatic heterocycles. The Kier molecular flexibility index (Phi) is 4.37. The van der Waals surface area contributed by atoms with Crippen molar-refractivity contribution in [1.82, 2.24) is 9.88 Å². The standard InChI is InChI=1S/C14H22N2O/c1-3-9-16-10-5-4-6-13(16)12-7-8-14(17-2)15-11-12/h7-8,11,13H,3-6,9-10H2,1-2H3/t13-/m0/s1. The monoisotopic (exact) mass is 234 g/mol. The van der Waals surface area contributed by atoms with Gasteiger partial charge in [-0.15, -0.1) is 0 Å². The highest BCUT2D eigenvalue weighted by molar-refractivity contribution is 5.21. The van der Waals surface area contributed by atoms with E-state index < -0.39 is 0 Å². The second-order valence-corrected chi connectivity index (χ2v) is 4.68. The third-order valence-electron chi connectivity index (χ3n) is 3.48. The van der Waals surface area contributed by atoms with Crippen molar-refractivity contribution in [2.24, 2.45) is 0 Å². The van der Waals surface area contributed by atoms with Gasteiger partial charge in [0.1, 0.15) is 0 Å². The molecule has 2 rings (SSSR count). The third kappa shape index (κ3) is 2.97. The van der Waals surface area contributed by atoms with E-state index in [-0.39, 0.29) is 0 Å². The van der Waals surface area contributed by atoms with Crippen LogP contribution in [0.1, 0.15) is 44.2 Å². The van der Waals surface area contributed by atoms with Crippen molar-refractivity contribution >= 4 is 0 Å². The van der Waals surface area contributed by atoms with Gasteiger partial charge in [-0.05, 0) is 37.9 Å². The molecule has 94 valence electrons. The second kappa shape index (κ2) is 6.01. The summed E-state index contributed by atoms with van der Waals surface area (Å²) >= 11 is 0. The zero-order valence-electron chi connectivity index (χ0n) is 10.9. The molecular weight excluding hydrogens is 212 g/mol. The van der Waals surface area contributed by atoms with Crippen LogP contribution in [-0.4, -0.2) is 30.1 Å². The van der Waals surface area contributed by atoms with E-state index in [9.17, 15) is 0 Å². The molecule has 0 N–H and O–H groups in total. The largest absolute Gasteiger partial charge is 0.481 e.